The molecule has 136 valence electrons. The van der Waals surface area contributed by atoms with E-state index in [1.54, 1.807) is 24.6 Å². The summed E-state index contributed by atoms with van der Waals surface area (Å²) in [5.41, 5.74) is 0.671. The predicted molar refractivity (Wildman–Crippen MR) is 103 cm³/mol. The molecule has 3 aromatic heterocycles. The SMILES string of the molecule is CN=C(NCCc1noc(-c2ccccn2)n1)N(C)Cc1ccc(Cl)s1. The number of aliphatic imine (C=N–C) groups is 1. The number of nitrogens with zero attached hydrogens (tertiary/aromatic N) is 5. The number of hydrogen-bond donors (Lipinski definition) is 1. The molecule has 1 N–H and O–H groups in total. The van der Waals surface area contributed by atoms with Crippen LogP contribution in [0.25, 0.3) is 11.6 Å². The Kier molecular flexibility index (Phi) is 6.19. The molecule has 0 spiro atoms. The van der Waals surface area contributed by atoms with Gasteiger partial charge in [-0.1, -0.05) is 22.8 Å². The molecule has 26 heavy (non-hydrogen) atoms. The summed E-state index contributed by atoms with van der Waals surface area (Å²) in [6.45, 7) is 1.38. The minimum Gasteiger partial charge on any atom is -0.356 e. The van der Waals surface area contributed by atoms with E-state index >= 15 is 0 Å². The molecule has 7 nitrogen and oxygen atoms in total. The highest BCUT2D eigenvalue weighted by molar-refractivity contribution is 7.16. The molecule has 3 rings (SSSR count). The van der Waals surface area contributed by atoms with Gasteiger partial charge >= 0.3 is 0 Å². The van der Waals surface area contributed by atoms with Gasteiger partial charge in [-0.2, -0.15) is 4.98 Å². The van der Waals surface area contributed by atoms with Crippen LogP contribution in [0.5, 0.6) is 0 Å². The van der Waals surface area contributed by atoms with Crippen molar-refractivity contribution in [3.05, 3.63) is 51.6 Å². The molecule has 3 aromatic rings. The molecule has 0 unspecified atom stereocenters. The zero-order valence-corrected chi connectivity index (χ0v) is 16.1. The van der Waals surface area contributed by atoms with E-state index in [1.807, 2.05) is 42.3 Å². The fourth-order valence-corrected chi connectivity index (χ4v) is 3.51. The van der Waals surface area contributed by atoms with Crippen molar-refractivity contribution < 1.29 is 4.52 Å². The molecule has 0 amide bonds. The Labute approximate surface area is 160 Å². The van der Waals surface area contributed by atoms with Crippen molar-refractivity contribution in [2.24, 2.45) is 4.99 Å². The van der Waals surface area contributed by atoms with Crippen molar-refractivity contribution in [3.8, 4) is 11.6 Å². The van der Waals surface area contributed by atoms with Crippen LogP contribution < -0.4 is 5.32 Å². The second-order valence-corrected chi connectivity index (χ2v) is 7.32. The smallest absolute Gasteiger partial charge is 0.276 e. The molecule has 0 aliphatic carbocycles. The molecular formula is C17H19ClN6OS. The van der Waals surface area contributed by atoms with Crippen molar-refractivity contribution in [1.82, 2.24) is 25.3 Å². The molecular weight excluding hydrogens is 372 g/mol. The molecule has 0 aliphatic heterocycles. The average molecular weight is 391 g/mol. The molecule has 0 aliphatic rings. The number of rotatable bonds is 6. The summed E-state index contributed by atoms with van der Waals surface area (Å²) in [5.74, 6) is 1.85. The Hall–Kier alpha value is -2.45. The Morgan fingerprint density at radius 3 is 2.92 bits per heavy atom. The number of nitrogens with one attached hydrogen (secondary N) is 1. The van der Waals surface area contributed by atoms with E-state index in [4.69, 9.17) is 16.1 Å². The third-order valence-electron chi connectivity index (χ3n) is 3.58. The molecule has 0 fully saturated rings. The number of halogens is 1. The Morgan fingerprint density at radius 1 is 1.35 bits per heavy atom. The van der Waals surface area contributed by atoms with Gasteiger partial charge in [0.15, 0.2) is 11.8 Å². The third kappa shape index (κ3) is 4.80. The van der Waals surface area contributed by atoms with Crippen molar-refractivity contribution in [3.63, 3.8) is 0 Å². The van der Waals surface area contributed by atoms with Crippen LogP contribution >= 0.6 is 22.9 Å². The van der Waals surface area contributed by atoms with Crippen LogP contribution in [0.2, 0.25) is 4.34 Å². The van der Waals surface area contributed by atoms with Crippen LogP contribution in [0, 0.1) is 0 Å². The van der Waals surface area contributed by atoms with E-state index in [0.717, 1.165) is 16.8 Å². The minimum absolute atomic E-state index is 0.427. The largest absolute Gasteiger partial charge is 0.356 e. The van der Waals surface area contributed by atoms with Crippen LogP contribution in [-0.2, 0) is 13.0 Å². The number of hydrogen-bond acceptors (Lipinski definition) is 6. The van der Waals surface area contributed by atoms with E-state index in [-0.39, 0.29) is 0 Å². The van der Waals surface area contributed by atoms with Crippen LogP contribution in [0.15, 0.2) is 46.0 Å². The molecule has 0 aromatic carbocycles. The maximum atomic E-state index is 5.98. The number of guanidine groups is 1. The quantitative estimate of drug-likeness (QED) is 0.514. The van der Waals surface area contributed by atoms with E-state index in [1.165, 1.54) is 4.88 Å². The van der Waals surface area contributed by atoms with Gasteiger partial charge in [0.05, 0.1) is 10.9 Å². The Balaban J connectivity index is 1.51. The first-order chi connectivity index (χ1) is 12.7. The summed E-state index contributed by atoms with van der Waals surface area (Å²) in [5, 5.41) is 7.30. The summed E-state index contributed by atoms with van der Waals surface area (Å²) in [6.07, 6.45) is 2.31. The lowest BCUT2D eigenvalue weighted by molar-refractivity contribution is 0.420. The van der Waals surface area contributed by atoms with E-state index in [9.17, 15) is 0 Å². The normalized spacial score (nSPS) is 11.6. The van der Waals surface area contributed by atoms with Crippen LogP contribution in [0.4, 0.5) is 0 Å². The standard InChI is InChI=1S/C17H19ClN6OS/c1-19-17(24(2)11-12-6-7-14(18)26-12)21-10-8-15-22-16(25-23-15)13-5-3-4-9-20-13/h3-7,9H,8,10-11H2,1-2H3,(H,19,21). The highest BCUT2D eigenvalue weighted by atomic mass is 35.5. The van der Waals surface area contributed by atoms with E-state index in [2.05, 4.69) is 25.4 Å². The predicted octanol–water partition coefficient (Wildman–Crippen LogP) is 3.10. The zero-order chi connectivity index (χ0) is 18.4. The summed E-state index contributed by atoms with van der Waals surface area (Å²) in [7, 11) is 3.74. The molecule has 0 radical (unpaired) electrons. The van der Waals surface area contributed by atoms with E-state index in [0.29, 0.717) is 30.4 Å². The van der Waals surface area contributed by atoms with Gasteiger partial charge < -0.3 is 14.7 Å². The zero-order valence-electron chi connectivity index (χ0n) is 14.5. The first-order valence-electron chi connectivity index (χ1n) is 8.05. The van der Waals surface area contributed by atoms with Crippen molar-refractivity contribution in [1.29, 1.82) is 0 Å². The lowest BCUT2D eigenvalue weighted by atomic mass is 10.3. The second-order valence-electron chi connectivity index (χ2n) is 5.52. The lowest BCUT2D eigenvalue weighted by Crippen LogP contribution is -2.39. The van der Waals surface area contributed by atoms with Gasteiger partial charge in [-0.3, -0.25) is 9.98 Å². The maximum absolute atomic E-state index is 5.98. The topological polar surface area (TPSA) is 79.4 Å². The van der Waals surface area contributed by atoms with Crippen molar-refractivity contribution in [2.75, 3.05) is 20.6 Å². The maximum Gasteiger partial charge on any atom is 0.276 e. The van der Waals surface area contributed by atoms with Gasteiger partial charge in [0.2, 0.25) is 0 Å². The molecule has 0 saturated carbocycles. The van der Waals surface area contributed by atoms with E-state index < -0.39 is 0 Å². The van der Waals surface area contributed by atoms with Crippen LogP contribution in [0.3, 0.4) is 0 Å². The van der Waals surface area contributed by atoms with Crippen LogP contribution in [-0.4, -0.2) is 46.6 Å². The Bertz CT molecular complexity index is 863. The fourth-order valence-electron chi connectivity index (χ4n) is 2.37. The summed E-state index contributed by atoms with van der Waals surface area (Å²) < 4.78 is 6.05. The minimum atomic E-state index is 0.427. The number of aromatic nitrogens is 3. The summed E-state index contributed by atoms with van der Waals surface area (Å²) >= 11 is 7.55. The fraction of sp³-hybridized carbons (Fsp3) is 0.294. The van der Waals surface area contributed by atoms with Gasteiger partial charge in [-0.05, 0) is 24.3 Å². The first kappa shape index (κ1) is 18.3. The van der Waals surface area contributed by atoms with Gasteiger partial charge in [0.1, 0.15) is 5.69 Å². The van der Waals surface area contributed by atoms with Crippen molar-refractivity contribution >= 4 is 28.9 Å². The van der Waals surface area contributed by atoms with Crippen molar-refractivity contribution in [2.45, 2.75) is 13.0 Å². The molecule has 0 saturated heterocycles. The molecule has 3 heterocycles. The Morgan fingerprint density at radius 2 is 2.23 bits per heavy atom. The molecule has 0 atom stereocenters. The average Bonchev–Trinajstić information content (AvgIpc) is 3.28. The van der Waals surface area contributed by atoms with Gasteiger partial charge in [0, 0.05) is 38.1 Å². The third-order valence-corrected chi connectivity index (χ3v) is 4.79. The van der Waals surface area contributed by atoms with Crippen LogP contribution in [0.1, 0.15) is 10.7 Å². The monoisotopic (exact) mass is 390 g/mol. The first-order valence-corrected chi connectivity index (χ1v) is 9.25. The summed E-state index contributed by atoms with van der Waals surface area (Å²) in [4.78, 5) is 16.1. The lowest BCUT2D eigenvalue weighted by Gasteiger charge is -2.21. The number of pyridine rings is 1. The molecule has 0 bridgehead atoms. The van der Waals surface area contributed by atoms with Gasteiger partial charge in [-0.25, -0.2) is 0 Å². The van der Waals surface area contributed by atoms with Gasteiger partial charge in [0.25, 0.3) is 5.89 Å². The molecule has 9 heteroatoms. The second kappa shape index (κ2) is 8.77. The highest BCUT2D eigenvalue weighted by Gasteiger charge is 2.11. The van der Waals surface area contributed by atoms with Gasteiger partial charge in [-0.15, -0.1) is 11.3 Å². The summed E-state index contributed by atoms with van der Waals surface area (Å²) in [6, 6.07) is 9.49. The highest BCUT2D eigenvalue weighted by Crippen LogP contribution is 2.22. The number of thiophene rings is 1.